The van der Waals surface area contributed by atoms with E-state index in [1.165, 1.54) is 30.7 Å². The highest BCUT2D eigenvalue weighted by atomic mass is 19.2. The lowest BCUT2D eigenvalue weighted by Gasteiger charge is -2.37. The van der Waals surface area contributed by atoms with Gasteiger partial charge in [-0.2, -0.15) is 0 Å². The predicted molar refractivity (Wildman–Crippen MR) is 552 cm³/mol. The zero-order valence-electron chi connectivity index (χ0n) is 80.8. The summed E-state index contributed by atoms with van der Waals surface area (Å²) in [6, 6.07) is 61.4. The van der Waals surface area contributed by atoms with Crippen LogP contribution < -0.4 is 45.8 Å². The second-order valence-electron chi connectivity index (χ2n) is 38.2. The van der Waals surface area contributed by atoms with Gasteiger partial charge >= 0.3 is 0 Å². The maximum atomic E-state index is 14.1. The van der Waals surface area contributed by atoms with Gasteiger partial charge < -0.3 is 60.5 Å². The van der Waals surface area contributed by atoms with Crippen LogP contribution in [0.3, 0.4) is 0 Å². The third-order valence-electron chi connectivity index (χ3n) is 27.7. The zero-order valence-corrected chi connectivity index (χ0v) is 80.8. The molecule has 5 saturated heterocycles. The number of carbonyl (C=O) groups excluding carboxylic acids is 2. The maximum Gasteiger partial charge on any atom is 0.254 e. The van der Waals surface area contributed by atoms with Gasteiger partial charge in [0.25, 0.3) is 11.8 Å². The number of likely N-dealkylation sites (N-methyl/N-ethyl adjacent to an activating group) is 3. The van der Waals surface area contributed by atoms with Gasteiger partial charge in [0.15, 0.2) is 34.6 Å². The van der Waals surface area contributed by atoms with E-state index in [0.29, 0.717) is 85.5 Å². The number of amides is 2. The number of fused-ring (bicyclic) bond motifs is 25. The third-order valence-corrected chi connectivity index (χ3v) is 27.7. The number of hydrogen-bond donors (Lipinski definition) is 4. The monoisotopic (exact) mass is 1880 g/mol. The van der Waals surface area contributed by atoms with E-state index >= 15 is 0 Å². The lowest BCUT2D eigenvalue weighted by Crippen LogP contribution is -2.54. The van der Waals surface area contributed by atoms with Crippen LogP contribution >= 0.6 is 0 Å². The summed E-state index contributed by atoms with van der Waals surface area (Å²) in [4.78, 5) is 92.1. The Morgan fingerprint density at radius 1 is 0.286 bits per heavy atom. The Labute approximate surface area is 805 Å². The number of nitrogens with one attached hydrogen (secondary N) is 4. The number of aromatic nitrogens is 15. The molecule has 0 bridgehead atoms. The molecular weight excluding hydrogens is 1770 g/mol. The molecule has 5 fully saturated rings. The molecule has 4 atom stereocenters. The number of benzene rings is 5. The molecule has 716 valence electrons. The fourth-order valence-corrected chi connectivity index (χ4v) is 20.8. The lowest BCUT2D eigenvalue weighted by molar-refractivity contribution is 0.0956. The van der Waals surface area contributed by atoms with Gasteiger partial charge in [-0.25, -0.2) is 67.4 Å². The molecule has 0 unspecified atom stereocenters. The summed E-state index contributed by atoms with van der Waals surface area (Å²) in [7, 11) is 9.64. The largest absolute Gasteiger partial charge is 0.355 e. The van der Waals surface area contributed by atoms with Crippen LogP contribution in [0.25, 0.3) is 139 Å². The smallest absolute Gasteiger partial charge is 0.254 e. The van der Waals surface area contributed by atoms with Crippen LogP contribution in [-0.4, -0.2) is 262 Å². The van der Waals surface area contributed by atoms with E-state index < -0.39 is 23.3 Å². The number of para-hydroxylation sites is 6. The summed E-state index contributed by atoms with van der Waals surface area (Å²) in [5.74, 6) is 0.554. The quantitative estimate of drug-likeness (QED) is 0.108. The molecule has 15 aromatic heterocycles. The molecule has 29 nitrogen and oxygen atoms in total. The van der Waals surface area contributed by atoms with Crippen LogP contribution in [-0.2, 0) is 0 Å². The van der Waals surface area contributed by atoms with Gasteiger partial charge in [-0.3, -0.25) is 31.6 Å². The molecule has 2 amide bonds. The Morgan fingerprint density at radius 3 is 0.879 bits per heavy atom. The lowest BCUT2D eigenvalue weighted by atomic mass is 10.1. The van der Waals surface area contributed by atoms with Gasteiger partial charge in [0.05, 0.1) is 66.3 Å². The third kappa shape index (κ3) is 17.6. The number of piperazine rings is 2. The van der Waals surface area contributed by atoms with Crippen molar-refractivity contribution < 1.29 is 27.2 Å². The van der Waals surface area contributed by atoms with Crippen molar-refractivity contribution in [3.63, 3.8) is 0 Å². The molecule has 5 aliphatic heterocycles. The Bertz CT molecular complexity index is 8240. The molecule has 25 rings (SSSR count). The Kier molecular flexibility index (Phi) is 24.9. The van der Waals surface area contributed by atoms with Crippen molar-refractivity contribution in [1.82, 2.24) is 108 Å². The molecule has 20 heterocycles. The highest BCUT2D eigenvalue weighted by Gasteiger charge is 2.30. The van der Waals surface area contributed by atoms with Crippen molar-refractivity contribution in [2.75, 3.05) is 164 Å². The second-order valence-corrected chi connectivity index (χ2v) is 38.2. The van der Waals surface area contributed by atoms with Crippen molar-refractivity contribution in [3.8, 4) is 0 Å². The molecule has 0 spiro atoms. The first-order chi connectivity index (χ1) is 67.8. The average Bonchev–Trinajstić information content (AvgIpc) is 1.58. The Balaban J connectivity index is 0.000000104. The van der Waals surface area contributed by atoms with Crippen LogP contribution in [0.4, 0.5) is 46.7 Å². The number of nitrogens with zero attached hydrogens (tertiary/aromatic N) is 23. The van der Waals surface area contributed by atoms with Gasteiger partial charge in [-0.05, 0) is 253 Å². The summed E-state index contributed by atoms with van der Waals surface area (Å²) in [6.45, 7) is 30.7. The fraction of sp³-hybridized carbons (Fsp3) is 0.327. The van der Waals surface area contributed by atoms with Gasteiger partial charge in [0.2, 0.25) is 0 Å². The van der Waals surface area contributed by atoms with Crippen LogP contribution in [0, 0.1) is 44.0 Å². The number of carbonyl (C=O) groups is 2. The first kappa shape index (κ1) is 91.8. The molecule has 5 aliphatic rings. The molecule has 4 N–H and O–H groups in total. The Morgan fingerprint density at radius 2 is 0.550 bits per heavy atom. The van der Waals surface area contributed by atoms with Crippen LogP contribution in [0.1, 0.15) is 84.4 Å². The van der Waals surface area contributed by atoms with Crippen molar-refractivity contribution in [2.24, 2.45) is 0 Å². The van der Waals surface area contributed by atoms with Crippen molar-refractivity contribution in [2.45, 2.75) is 91.9 Å². The first-order valence-corrected chi connectivity index (χ1v) is 48.3. The number of rotatable bonds is 7. The standard InChI is InChI=1S/C22H22F2N6O.C22H24N6O.C21H21F2N5.2C21H23N5/c1-25-22(31)14-10-13-4-5-19(29-7-3-6-28(2)8-9-29)27-20(13)30-18-12-16(24)15(23)11-17(18)26-21(14)30;1-23-22(29)16-14-15-8-9-19(27-11-5-10-26(2)12-13-27)25-20(15)28-18-7-4-3-6-17(18)24-21(16)28;1-11-6-14-4-5-19(27-9-12(2)24-13(3)10-27)26-21(14)28-18-8-16(23)15(22)7-17(18)25-20(11)28;1-13-10-16-8-9-19(25-11-14(2)22-15(3)12-25)24-21(16)26-18-7-5-4-6-17(18)23-20(13)26;1-15-14-16-8-9-19(25-11-5-10-24(2)12-13-25)23-21(16)26-18-7-4-3-6-17(18)22-20(15)26/h4-5,10-12H,3,6-9H2,1-2H3,(H,25,31);3-4,6-9,14H,5,10-13H2,1-2H3,(H,23,29);4-8,12-13,24H,9-10H2,1-3H3;4-10,14-15,22H,11-12H2,1-3H3;3-4,6-9,14H,5,10-13H2,1-2H3/t;;12-,13+;14-,15+;. The fourth-order valence-electron chi connectivity index (χ4n) is 20.8. The molecule has 140 heavy (non-hydrogen) atoms. The summed E-state index contributed by atoms with van der Waals surface area (Å²) < 4.78 is 65.6. The van der Waals surface area contributed by atoms with E-state index in [2.05, 4.69) is 227 Å². The molecule has 0 aliphatic carbocycles. The number of halogens is 4. The Hall–Kier alpha value is -14.6. The van der Waals surface area contributed by atoms with Crippen molar-refractivity contribution in [1.29, 1.82) is 0 Å². The van der Waals surface area contributed by atoms with Crippen molar-refractivity contribution >= 4 is 179 Å². The predicted octanol–water partition coefficient (Wildman–Crippen LogP) is 16.2. The minimum absolute atomic E-state index is 0.146. The number of imidazole rings is 5. The van der Waals surface area contributed by atoms with E-state index in [1.54, 1.807) is 17.5 Å². The highest BCUT2D eigenvalue weighted by Crippen LogP contribution is 2.37. The minimum atomic E-state index is -0.982. The minimum Gasteiger partial charge on any atom is -0.355 e. The normalized spacial score (nSPS) is 17.9. The number of aryl methyl sites for hydroxylation is 3. The van der Waals surface area contributed by atoms with E-state index in [1.807, 2.05) is 88.5 Å². The molecule has 0 saturated carbocycles. The number of pyridine rings is 10. The van der Waals surface area contributed by atoms with E-state index in [-0.39, 0.29) is 17.3 Å². The molecule has 20 aromatic rings. The summed E-state index contributed by atoms with van der Waals surface area (Å²) in [6.07, 6.45) is 3.32. The highest BCUT2D eigenvalue weighted by molar-refractivity contribution is 6.07. The maximum absolute atomic E-state index is 14.1. The summed E-state index contributed by atoms with van der Waals surface area (Å²) in [5, 5.41) is 17.3. The van der Waals surface area contributed by atoms with Gasteiger partial charge in [0, 0.05) is 175 Å². The van der Waals surface area contributed by atoms with Crippen LogP contribution in [0.2, 0.25) is 0 Å². The molecule has 5 aromatic carbocycles. The molecule has 0 radical (unpaired) electrons. The second kappa shape index (κ2) is 37.9. The van der Waals surface area contributed by atoms with Gasteiger partial charge in [-0.1, -0.05) is 36.4 Å². The van der Waals surface area contributed by atoms with Gasteiger partial charge in [0.1, 0.15) is 74.3 Å². The van der Waals surface area contributed by atoms with Gasteiger partial charge in [-0.15, -0.1) is 0 Å². The van der Waals surface area contributed by atoms with E-state index in [0.717, 1.165) is 253 Å². The van der Waals surface area contributed by atoms with Crippen molar-refractivity contribution in [3.05, 3.63) is 239 Å². The number of hydrogen-bond acceptors (Lipinski definition) is 22. The molecular formula is C107H113F4N27O2. The zero-order chi connectivity index (χ0) is 96.7. The van der Waals surface area contributed by atoms with Crippen LogP contribution in [0.15, 0.2) is 188 Å². The topological polar surface area (TPSA) is 259 Å². The van der Waals surface area contributed by atoms with Crippen LogP contribution in [0.5, 0.6) is 0 Å². The van der Waals surface area contributed by atoms with E-state index in [4.69, 9.17) is 39.9 Å². The summed E-state index contributed by atoms with van der Waals surface area (Å²) in [5.41, 5.74) is 19.5. The van der Waals surface area contributed by atoms with E-state index in [9.17, 15) is 27.2 Å². The number of anilines is 5. The SMILES string of the molecule is CNC(=O)c1cc2ccc(N3CCCN(C)CC3)nc2n2c1nc1cc(F)c(F)cc12.CNC(=O)c1cc2ccc(N3CCCN(C)CC3)nc2n2c1nc1ccccc12.Cc1cc2ccc(N3CCCN(C)CC3)nc2n2c1nc1ccccc12.Cc1cc2ccc(N3C[C@@H](C)N[C@@H](C)C3)nc2n2c1nc1cc(F)c(F)cc12.Cc1cc2ccc(N3C[C@@H](C)N[C@@H](C)C3)nc2n2c1nc1ccccc12. The molecule has 33 heteroatoms. The summed E-state index contributed by atoms with van der Waals surface area (Å²) >= 11 is 0. The first-order valence-electron chi connectivity index (χ1n) is 48.3. The average molecular weight is 1890 g/mol.